The summed E-state index contributed by atoms with van der Waals surface area (Å²) in [5, 5.41) is 10.4. The molecule has 1 N–H and O–H groups in total. The first kappa shape index (κ1) is 15.6. The second-order valence-electron chi connectivity index (χ2n) is 4.27. The van der Waals surface area contributed by atoms with Gasteiger partial charge in [-0.05, 0) is 18.9 Å². The summed E-state index contributed by atoms with van der Waals surface area (Å²) in [7, 11) is 0. The summed E-state index contributed by atoms with van der Waals surface area (Å²) < 4.78 is 32.8. The number of alkyl halides is 2. The molecular weight excluding hydrogens is 254 g/mol. The quantitative estimate of drug-likeness (QED) is 0.810. The van der Waals surface area contributed by atoms with Gasteiger partial charge in [-0.1, -0.05) is 43.7 Å². The zero-order valence-electron chi connectivity index (χ0n) is 11.0. The highest BCUT2D eigenvalue weighted by Gasteiger charge is 2.59. The lowest BCUT2D eigenvalue weighted by Gasteiger charge is -2.34. The summed E-state index contributed by atoms with van der Waals surface area (Å²) in [6.45, 7) is 2.94. The largest absolute Gasteiger partial charge is 0.461 e. The Hall–Kier alpha value is -1.49. The fourth-order valence-electron chi connectivity index (χ4n) is 1.95. The fourth-order valence-corrected chi connectivity index (χ4v) is 1.95. The van der Waals surface area contributed by atoms with Gasteiger partial charge in [0.25, 0.3) is 0 Å². The van der Waals surface area contributed by atoms with Crippen molar-refractivity contribution in [2.45, 2.75) is 38.2 Å². The molecule has 0 heterocycles. The number of carbonyl (C=O) groups excluding carboxylic acids is 1. The molecule has 0 spiro atoms. The topological polar surface area (TPSA) is 46.5 Å². The van der Waals surface area contributed by atoms with Crippen molar-refractivity contribution in [2.24, 2.45) is 0 Å². The minimum absolute atomic E-state index is 0.00917. The van der Waals surface area contributed by atoms with E-state index in [9.17, 15) is 18.7 Å². The van der Waals surface area contributed by atoms with Crippen molar-refractivity contribution >= 4 is 5.97 Å². The average molecular weight is 272 g/mol. The average Bonchev–Trinajstić information content (AvgIpc) is 2.40. The number of esters is 1. The molecule has 0 radical (unpaired) electrons. The standard InChI is InChI=1S/C14H18F2O3/c1-3-10-13(18,11-8-6-5-7-9-11)14(15,16)12(17)19-4-2/h5-9,18H,3-4,10H2,1-2H3/t13-/m1/s1. The summed E-state index contributed by atoms with van der Waals surface area (Å²) in [6, 6.07) is 7.48. The third-order valence-corrected chi connectivity index (χ3v) is 2.91. The van der Waals surface area contributed by atoms with Gasteiger partial charge in [0, 0.05) is 0 Å². The molecular formula is C14H18F2O3. The summed E-state index contributed by atoms with van der Waals surface area (Å²) in [5.74, 6) is -5.68. The Balaban J connectivity index is 3.22. The second-order valence-corrected chi connectivity index (χ2v) is 4.27. The molecule has 0 unspecified atom stereocenters. The Morgan fingerprint density at radius 2 is 1.84 bits per heavy atom. The van der Waals surface area contributed by atoms with Crippen LogP contribution in [-0.2, 0) is 15.1 Å². The van der Waals surface area contributed by atoms with Crippen LogP contribution in [0.4, 0.5) is 8.78 Å². The van der Waals surface area contributed by atoms with Crippen LogP contribution in [0.1, 0.15) is 32.3 Å². The van der Waals surface area contributed by atoms with Gasteiger partial charge < -0.3 is 9.84 Å². The van der Waals surface area contributed by atoms with E-state index >= 15 is 0 Å². The highest BCUT2D eigenvalue weighted by molar-refractivity contribution is 5.79. The highest BCUT2D eigenvalue weighted by atomic mass is 19.3. The third-order valence-electron chi connectivity index (χ3n) is 2.91. The van der Waals surface area contributed by atoms with Crippen LogP contribution in [0.15, 0.2) is 30.3 Å². The number of halogens is 2. The van der Waals surface area contributed by atoms with Crippen molar-refractivity contribution in [1.29, 1.82) is 0 Å². The molecule has 3 nitrogen and oxygen atoms in total. The lowest BCUT2D eigenvalue weighted by atomic mass is 9.83. The van der Waals surface area contributed by atoms with Gasteiger partial charge in [-0.3, -0.25) is 0 Å². The molecule has 0 amide bonds. The van der Waals surface area contributed by atoms with Crippen molar-refractivity contribution in [3.05, 3.63) is 35.9 Å². The molecule has 106 valence electrons. The van der Waals surface area contributed by atoms with E-state index in [1.54, 1.807) is 13.0 Å². The summed E-state index contributed by atoms with van der Waals surface area (Å²) in [6.07, 6.45) is 0.0726. The van der Waals surface area contributed by atoms with Crippen LogP contribution >= 0.6 is 0 Å². The van der Waals surface area contributed by atoms with Gasteiger partial charge >= 0.3 is 11.9 Å². The van der Waals surface area contributed by atoms with Gasteiger partial charge in [0.15, 0.2) is 5.60 Å². The molecule has 1 aromatic carbocycles. The monoisotopic (exact) mass is 272 g/mol. The van der Waals surface area contributed by atoms with Crippen molar-refractivity contribution < 1.29 is 23.4 Å². The van der Waals surface area contributed by atoms with Gasteiger partial charge in [0.1, 0.15) is 0 Å². The van der Waals surface area contributed by atoms with E-state index in [-0.39, 0.29) is 18.6 Å². The number of ether oxygens (including phenoxy) is 1. The molecule has 1 atom stereocenters. The van der Waals surface area contributed by atoms with Gasteiger partial charge in [-0.2, -0.15) is 8.78 Å². The van der Waals surface area contributed by atoms with Gasteiger partial charge in [-0.25, -0.2) is 4.79 Å². The Morgan fingerprint density at radius 1 is 1.26 bits per heavy atom. The predicted octanol–water partition coefficient (Wildman–Crippen LogP) is 2.87. The normalized spacial score (nSPS) is 14.8. The first-order valence-electron chi connectivity index (χ1n) is 6.23. The number of rotatable bonds is 6. The number of carbonyl (C=O) groups is 1. The van der Waals surface area contributed by atoms with Gasteiger partial charge in [0.2, 0.25) is 0 Å². The van der Waals surface area contributed by atoms with Crippen LogP contribution in [0.25, 0.3) is 0 Å². The van der Waals surface area contributed by atoms with Crippen LogP contribution in [0, 0.1) is 0 Å². The smallest absolute Gasteiger partial charge is 0.380 e. The Bertz CT molecular complexity index is 420. The second kappa shape index (κ2) is 6.10. The van der Waals surface area contributed by atoms with Crippen molar-refractivity contribution in [1.82, 2.24) is 0 Å². The van der Waals surface area contributed by atoms with Crippen LogP contribution in [0.5, 0.6) is 0 Å². The van der Waals surface area contributed by atoms with E-state index in [2.05, 4.69) is 4.74 Å². The van der Waals surface area contributed by atoms with Crippen LogP contribution in [0.2, 0.25) is 0 Å². The van der Waals surface area contributed by atoms with Crippen molar-refractivity contribution in [3.8, 4) is 0 Å². The summed E-state index contributed by atoms with van der Waals surface area (Å²) in [4.78, 5) is 11.4. The van der Waals surface area contributed by atoms with E-state index in [1.807, 2.05) is 0 Å². The van der Waals surface area contributed by atoms with E-state index in [1.165, 1.54) is 31.2 Å². The van der Waals surface area contributed by atoms with E-state index in [0.29, 0.717) is 6.42 Å². The minimum atomic E-state index is -3.99. The first-order valence-corrected chi connectivity index (χ1v) is 6.23. The molecule has 0 aliphatic rings. The number of hydrogen-bond acceptors (Lipinski definition) is 3. The summed E-state index contributed by atoms with van der Waals surface area (Å²) >= 11 is 0. The zero-order chi connectivity index (χ0) is 14.5. The molecule has 0 aliphatic carbocycles. The maximum Gasteiger partial charge on any atom is 0.380 e. The SMILES string of the molecule is CCC[C@@](O)(c1ccccc1)C(F)(F)C(=O)OCC. The molecule has 0 fully saturated rings. The Morgan fingerprint density at radius 3 is 2.32 bits per heavy atom. The van der Waals surface area contributed by atoms with Gasteiger partial charge in [0.05, 0.1) is 6.61 Å². The van der Waals surface area contributed by atoms with Crippen molar-refractivity contribution in [3.63, 3.8) is 0 Å². The van der Waals surface area contributed by atoms with Crippen LogP contribution in [-0.4, -0.2) is 23.6 Å². The zero-order valence-corrected chi connectivity index (χ0v) is 11.0. The predicted molar refractivity (Wildman–Crippen MR) is 66.8 cm³/mol. The Kier molecular flexibility index (Phi) is 5.00. The van der Waals surface area contributed by atoms with E-state index in [0.717, 1.165) is 0 Å². The third kappa shape index (κ3) is 2.92. The van der Waals surface area contributed by atoms with E-state index in [4.69, 9.17) is 0 Å². The van der Waals surface area contributed by atoms with Gasteiger partial charge in [-0.15, -0.1) is 0 Å². The molecule has 0 aliphatic heterocycles. The maximum absolute atomic E-state index is 14.2. The first-order chi connectivity index (χ1) is 8.90. The Labute approximate surface area is 111 Å². The number of aliphatic hydroxyl groups is 1. The molecule has 1 rings (SSSR count). The lowest BCUT2D eigenvalue weighted by molar-refractivity contribution is -0.219. The molecule has 0 saturated carbocycles. The number of hydrogen-bond donors (Lipinski definition) is 1. The molecule has 0 saturated heterocycles. The lowest BCUT2D eigenvalue weighted by Crippen LogP contribution is -2.51. The van der Waals surface area contributed by atoms with Crippen molar-refractivity contribution in [2.75, 3.05) is 6.61 Å². The van der Waals surface area contributed by atoms with Crippen LogP contribution in [0.3, 0.4) is 0 Å². The minimum Gasteiger partial charge on any atom is -0.461 e. The molecule has 19 heavy (non-hydrogen) atoms. The van der Waals surface area contributed by atoms with Crippen LogP contribution < -0.4 is 0 Å². The molecule has 0 bridgehead atoms. The molecule has 0 aromatic heterocycles. The van der Waals surface area contributed by atoms with E-state index < -0.39 is 17.5 Å². The fraction of sp³-hybridized carbons (Fsp3) is 0.500. The molecule has 1 aromatic rings. The molecule has 5 heteroatoms. The maximum atomic E-state index is 14.2. The highest BCUT2D eigenvalue weighted by Crippen LogP contribution is 2.42. The summed E-state index contributed by atoms with van der Waals surface area (Å²) in [5.41, 5.74) is -2.54. The number of benzene rings is 1.